The quantitative estimate of drug-likeness (QED) is 0.842. The molecule has 0 aliphatic carbocycles. The molecule has 0 spiro atoms. The second kappa shape index (κ2) is 7.31. The van der Waals surface area contributed by atoms with Gasteiger partial charge in [-0.2, -0.15) is 0 Å². The number of benzene rings is 1. The summed E-state index contributed by atoms with van der Waals surface area (Å²) in [5, 5.41) is 2.87. The minimum Gasteiger partial charge on any atom is -0.497 e. The van der Waals surface area contributed by atoms with Crippen molar-refractivity contribution in [2.75, 3.05) is 14.2 Å². The molecule has 0 saturated carbocycles. The SMILES string of the molecule is COc1ccc(OC)c(CNC(=O)CC(N)C(C)(C)C)c1. The van der Waals surface area contributed by atoms with Crippen LogP contribution in [0.2, 0.25) is 0 Å². The van der Waals surface area contributed by atoms with Crippen LogP contribution in [0.1, 0.15) is 32.8 Å². The molecule has 0 aromatic heterocycles. The Morgan fingerprint density at radius 3 is 2.48 bits per heavy atom. The molecule has 0 bridgehead atoms. The third-order valence-electron chi connectivity index (χ3n) is 3.48. The molecule has 1 amide bonds. The summed E-state index contributed by atoms with van der Waals surface area (Å²) >= 11 is 0. The van der Waals surface area contributed by atoms with Crippen molar-refractivity contribution >= 4 is 5.91 Å². The molecule has 1 aromatic carbocycles. The molecule has 3 N–H and O–H groups in total. The molecule has 0 radical (unpaired) electrons. The predicted octanol–water partition coefficient (Wildman–Crippen LogP) is 2.08. The van der Waals surface area contributed by atoms with Crippen LogP contribution in [0.25, 0.3) is 0 Å². The lowest BCUT2D eigenvalue weighted by Gasteiger charge is -2.26. The number of nitrogens with two attached hydrogens (primary N) is 1. The van der Waals surface area contributed by atoms with Crippen molar-refractivity contribution in [1.29, 1.82) is 0 Å². The van der Waals surface area contributed by atoms with E-state index >= 15 is 0 Å². The topological polar surface area (TPSA) is 73.6 Å². The summed E-state index contributed by atoms with van der Waals surface area (Å²) < 4.78 is 10.5. The average Bonchev–Trinajstić information content (AvgIpc) is 2.43. The largest absolute Gasteiger partial charge is 0.497 e. The molecule has 0 saturated heterocycles. The number of carbonyl (C=O) groups is 1. The van der Waals surface area contributed by atoms with E-state index in [-0.39, 0.29) is 17.4 Å². The maximum atomic E-state index is 12.0. The number of hydrogen-bond donors (Lipinski definition) is 2. The Balaban J connectivity index is 2.64. The molecule has 21 heavy (non-hydrogen) atoms. The average molecular weight is 294 g/mol. The van der Waals surface area contributed by atoms with Crippen molar-refractivity contribution in [2.24, 2.45) is 11.1 Å². The number of ether oxygens (including phenoxy) is 2. The van der Waals surface area contributed by atoms with Gasteiger partial charge in [-0.25, -0.2) is 0 Å². The first-order valence-electron chi connectivity index (χ1n) is 7.01. The van der Waals surface area contributed by atoms with E-state index in [1.807, 2.05) is 39.0 Å². The molecule has 5 nitrogen and oxygen atoms in total. The van der Waals surface area contributed by atoms with E-state index < -0.39 is 0 Å². The number of hydrogen-bond acceptors (Lipinski definition) is 4. The second-order valence-corrected chi connectivity index (χ2v) is 6.13. The number of methoxy groups -OCH3 is 2. The molecule has 1 rings (SSSR count). The third kappa shape index (κ3) is 5.27. The number of carbonyl (C=O) groups excluding carboxylic acids is 1. The Morgan fingerprint density at radius 1 is 1.29 bits per heavy atom. The van der Waals surface area contributed by atoms with Gasteiger partial charge in [0.25, 0.3) is 0 Å². The minimum absolute atomic E-state index is 0.0673. The van der Waals surface area contributed by atoms with Crippen molar-refractivity contribution < 1.29 is 14.3 Å². The lowest BCUT2D eigenvalue weighted by molar-refractivity contribution is -0.122. The van der Waals surface area contributed by atoms with Crippen LogP contribution in [0.15, 0.2) is 18.2 Å². The van der Waals surface area contributed by atoms with Gasteiger partial charge in [-0.05, 0) is 23.6 Å². The van der Waals surface area contributed by atoms with Gasteiger partial charge >= 0.3 is 0 Å². The van der Waals surface area contributed by atoms with Gasteiger partial charge in [0, 0.05) is 24.6 Å². The lowest BCUT2D eigenvalue weighted by atomic mass is 9.85. The van der Waals surface area contributed by atoms with Crippen molar-refractivity contribution in [1.82, 2.24) is 5.32 Å². The van der Waals surface area contributed by atoms with E-state index in [0.29, 0.717) is 13.0 Å². The highest BCUT2D eigenvalue weighted by atomic mass is 16.5. The van der Waals surface area contributed by atoms with E-state index in [9.17, 15) is 4.79 Å². The zero-order valence-electron chi connectivity index (χ0n) is 13.5. The summed E-state index contributed by atoms with van der Waals surface area (Å²) in [5.41, 5.74) is 6.79. The van der Waals surface area contributed by atoms with Crippen LogP contribution in [0.3, 0.4) is 0 Å². The summed E-state index contributed by atoms with van der Waals surface area (Å²) in [6, 6.07) is 5.31. The molecular formula is C16H26N2O3. The zero-order valence-corrected chi connectivity index (χ0v) is 13.5. The van der Waals surface area contributed by atoms with Crippen LogP contribution in [0.5, 0.6) is 11.5 Å². The molecule has 0 heterocycles. The Morgan fingerprint density at radius 2 is 1.95 bits per heavy atom. The smallest absolute Gasteiger partial charge is 0.221 e. The van der Waals surface area contributed by atoms with Crippen LogP contribution >= 0.6 is 0 Å². The molecule has 1 unspecified atom stereocenters. The van der Waals surface area contributed by atoms with Gasteiger partial charge in [0.2, 0.25) is 5.91 Å². The minimum atomic E-state index is -0.176. The molecular weight excluding hydrogens is 268 g/mol. The van der Waals surface area contributed by atoms with Gasteiger partial charge < -0.3 is 20.5 Å². The fraction of sp³-hybridized carbons (Fsp3) is 0.562. The summed E-state index contributed by atoms with van der Waals surface area (Å²) in [6.45, 7) is 6.46. The maximum Gasteiger partial charge on any atom is 0.221 e. The van der Waals surface area contributed by atoms with Gasteiger partial charge in [0.15, 0.2) is 0 Å². The van der Waals surface area contributed by atoms with Gasteiger partial charge in [0.1, 0.15) is 11.5 Å². The van der Waals surface area contributed by atoms with Crippen LogP contribution in [-0.4, -0.2) is 26.2 Å². The molecule has 0 aliphatic rings. The van der Waals surface area contributed by atoms with Crippen LogP contribution in [0.4, 0.5) is 0 Å². The predicted molar refractivity (Wildman–Crippen MR) is 83.4 cm³/mol. The zero-order chi connectivity index (χ0) is 16.0. The first-order chi connectivity index (χ1) is 9.77. The van der Waals surface area contributed by atoms with Crippen LogP contribution in [0, 0.1) is 5.41 Å². The van der Waals surface area contributed by atoms with E-state index in [1.165, 1.54) is 0 Å². The number of nitrogens with one attached hydrogen (secondary N) is 1. The Bertz CT molecular complexity index is 481. The summed E-state index contributed by atoms with van der Waals surface area (Å²) in [7, 11) is 3.20. The Kier molecular flexibility index (Phi) is 6.03. The normalized spacial score (nSPS) is 12.7. The van der Waals surface area contributed by atoms with Crippen LogP contribution < -0.4 is 20.5 Å². The molecule has 1 atom stereocenters. The molecule has 5 heteroatoms. The number of rotatable bonds is 6. The molecule has 0 aliphatic heterocycles. The molecule has 118 valence electrons. The van der Waals surface area contributed by atoms with Crippen molar-refractivity contribution in [2.45, 2.75) is 39.8 Å². The third-order valence-corrected chi connectivity index (χ3v) is 3.48. The van der Waals surface area contributed by atoms with E-state index in [1.54, 1.807) is 14.2 Å². The highest BCUT2D eigenvalue weighted by Crippen LogP contribution is 2.24. The van der Waals surface area contributed by atoms with Crippen molar-refractivity contribution in [3.63, 3.8) is 0 Å². The first-order valence-corrected chi connectivity index (χ1v) is 7.01. The fourth-order valence-corrected chi connectivity index (χ4v) is 1.79. The number of amides is 1. The van der Waals surface area contributed by atoms with E-state index in [4.69, 9.17) is 15.2 Å². The van der Waals surface area contributed by atoms with Gasteiger partial charge in [-0.3, -0.25) is 4.79 Å². The highest BCUT2D eigenvalue weighted by molar-refractivity contribution is 5.76. The second-order valence-electron chi connectivity index (χ2n) is 6.13. The standard InChI is InChI=1S/C16H26N2O3/c1-16(2,3)14(17)9-15(19)18-10-11-8-12(20-4)6-7-13(11)21-5/h6-8,14H,9-10,17H2,1-5H3,(H,18,19). The Hall–Kier alpha value is -1.75. The Labute approximate surface area is 126 Å². The first kappa shape index (κ1) is 17.3. The molecule has 1 aromatic rings. The van der Waals surface area contributed by atoms with E-state index in [0.717, 1.165) is 17.1 Å². The monoisotopic (exact) mass is 294 g/mol. The lowest BCUT2D eigenvalue weighted by Crippen LogP contribution is -2.40. The van der Waals surface area contributed by atoms with Crippen molar-refractivity contribution in [3.8, 4) is 11.5 Å². The van der Waals surface area contributed by atoms with Gasteiger partial charge in [-0.15, -0.1) is 0 Å². The summed E-state index contributed by atoms with van der Waals surface area (Å²) in [6.07, 6.45) is 0.301. The van der Waals surface area contributed by atoms with Gasteiger partial charge in [-0.1, -0.05) is 20.8 Å². The van der Waals surface area contributed by atoms with Crippen molar-refractivity contribution in [3.05, 3.63) is 23.8 Å². The summed E-state index contributed by atoms with van der Waals surface area (Å²) in [5.74, 6) is 1.38. The molecule has 0 fully saturated rings. The van der Waals surface area contributed by atoms with Crippen LogP contribution in [-0.2, 0) is 11.3 Å². The fourth-order valence-electron chi connectivity index (χ4n) is 1.79. The maximum absolute atomic E-state index is 12.0. The van der Waals surface area contributed by atoms with E-state index in [2.05, 4.69) is 5.32 Å². The highest BCUT2D eigenvalue weighted by Gasteiger charge is 2.23. The van der Waals surface area contributed by atoms with Gasteiger partial charge in [0.05, 0.1) is 14.2 Å². The summed E-state index contributed by atoms with van der Waals surface area (Å²) in [4.78, 5) is 12.0.